The van der Waals surface area contributed by atoms with Crippen LogP contribution in [0.25, 0.3) is 0 Å². The molecule has 1 saturated heterocycles. The lowest BCUT2D eigenvalue weighted by Gasteiger charge is -2.32. The molecule has 10 heteroatoms. The summed E-state index contributed by atoms with van der Waals surface area (Å²) >= 11 is 0. The van der Waals surface area contributed by atoms with Crippen molar-refractivity contribution < 1.29 is 18.3 Å². The highest BCUT2D eigenvalue weighted by Crippen LogP contribution is 2.21. The average Bonchev–Trinajstić information content (AvgIpc) is 2.91. The van der Waals surface area contributed by atoms with Crippen molar-refractivity contribution in [1.82, 2.24) is 23.8 Å². The number of H-pyrrole nitrogens is 1. The average molecular weight is 303 g/mol. The first-order valence-corrected chi connectivity index (χ1v) is 7.59. The molecule has 0 spiro atoms. The van der Waals surface area contributed by atoms with E-state index >= 15 is 0 Å². The highest BCUT2D eigenvalue weighted by molar-refractivity contribution is 7.86. The molecule has 9 nitrogen and oxygen atoms in total. The van der Waals surface area contributed by atoms with Crippen molar-refractivity contribution in [2.75, 3.05) is 20.1 Å². The Morgan fingerprint density at radius 1 is 1.55 bits per heavy atom. The van der Waals surface area contributed by atoms with Crippen LogP contribution in [-0.2, 0) is 21.5 Å². The van der Waals surface area contributed by atoms with Gasteiger partial charge in [0.15, 0.2) is 0 Å². The van der Waals surface area contributed by atoms with Crippen LogP contribution in [0.15, 0.2) is 6.33 Å². The first kappa shape index (κ1) is 14.9. The molecule has 0 aromatic carbocycles. The second-order valence-corrected chi connectivity index (χ2v) is 6.74. The second kappa shape index (κ2) is 5.85. The first-order valence-electron chi connectivity index (χ1n) is 6.19. The van der Waals surface area contributed by atoms with Gasteiger partial charge in [-0.15, -0.1) is 0 Å². The van der Waals surface area contributed by atoms with Crippen LogP contribution in [0.2, 0.25) is 0 Å². The Balaban J connectivity index is 1.98. The van der Waals surface area contributed by atoms with Crippen molar-refractivity contribution in [3.05, 3.63) is 12.2 Å². The molecule has 1 aromatic heterocycles. The van der Waals surface area contributed by atoms with Gasteiger partial charge in [0.1, 0.15) is 12.2 Å². The van der Waals surface area contributed by atoms with Gasteiger partial charge in [0.2, 0.25) is 0 Å². The van der Waals surface area contributed by atoms with E-state index < -0.39 is 22.1 Å². The minimum absolute atomic E-state index is 0.0984. The lowest BCUT2D eigenvalue weighted by molar-refractivity contribution is -0.142. The number of hydrogen-bond acceptors (Lipinski definition) is 5. The van der Waals surface area contributed by atoms with Crippen LogP contribution < -0.4 is 0 Å². The molecule has 0 amide bonds. The summed E-state index contributed by atoms with van der Waals surface area (Å²) < 4.78 is 27.1. The topological polar surface area (TPSA) is 119 Å². The van der Waals surface area contributed by atoms with Gasteiger partial charge in [-0.1, -0.05) is 0 Å². The minimum Gasteiger partial charge on any atom is -0.481 e. The number of carboxylic acids is 1. The summed E-state index contributed by atoms with van der Waals surface area (Å²) in [5, 5.41) is 15.2. The number of aromatic amines is 1. The van der Waals surface area contributed by atoms with Gasteiger partial charge in [0.25, 0.3) is 10.2 Å². The Hall–Kier alpha value is -1.52. The van der Waals surface area contributed by atoms with Crippen LogP contribution in [0.3, 0.4) is 0 Å². The predicted molar refractivity (Wildman–Crippen MR) is 68.7 cm³/mol. The number of carboxylic acid groups (broad SMARTS) is 1. The molecule has 1 aromatic rings. The van der Waals surface area contributed by atoms with E-state index in [0.717, 1.165) is 0 Å². The standard InChI is InChI=1S/C10H17N5O4S/c1-14(6-9-11-7-12-13-9)20(18,19)15-4-2-8(3-5-15)10(16)17/h7-8H,2-6H2,1H3,(H,16,17)(H,11,12,13). The number of nitrogens with zero attached hydrogens (tertiary/aromatic N) is 4. The van der Waals surface area contributed by atoms with E-state index in [4.69, 9.17) is 5.11 Å². The summed E-state index contributed by atoms with van der Waals surface area (Å²) in [4.78, 5) is 14.7. The van der Waals surface area contributed by atoms with Gasteiger partial charge in [0, 0.05) is 20.1 Å². The third kappa shape index (κ3) is 3.14. The van der Waals surface area contributed by atoms with Gasteiger partial charge in [-0.2, -0.15) is 22.1 Å². The molecular weight excluding hydrogens is 286 g/mol. The molecule has 0 radical (unpaired) electrons. The lowest BCUT2D eigenvalue weighted by atomic mass is 9.99. The maximum atomic E-state index is 12.3. The Bertz CT molecular complexity index is 550. The zero-order valence-corrected chi connectivity index (χ0v) is 11.9. The number of nitrogens with one attached hydrogen (secondary N) is 1. The van der Waals surface area contributed by atoms with Crippen LogP contribution in [0.1, 0.15) is 18.7 Å². The van der Waals surface area contributed by atoms with Crippen LogP contribution in [0, 0.1) is 5.92 Å². The zero-order valence-electron chi connectivity index (χ0n) is 11.1. The fourth-order valence-corrected chi connectivity index (χ4v) is 3.48. The Morgan fingerprint density at radius 3 is 2.70 bits per heavy atom. The van der Waals surface area contributed by atoms with Crippen molar-refractivity contribution in [3.8, 4) is 0 Å². The number of piperidine rings is 1. The minimum atomic E-state index is -3.60. The maximum absolute atomic E-state index is 12.3. The van der Waals surface area contributed by atoms with E-state index in [1.165, 1.54) is 22.0 Å². The van der Waals surface area contributed by atoms with Crippen LogP contribution >= 0.6 is 0 Å². The SMILES string of the molecule is CN(Cc1ncn[nH]1)S(=O)(=O)N1CCC(C(=O)O)CC1. The van der Waals surface area contributed by atoms with Gasteiger partial charge < -0.3 is 5.11 Å². The highest BCUT2D eigenvalue weighted by Gasteiger charge is 2.33. The van der Waals surface area contributed by atoms with Crippen molar-refractivity contribution in [2.45, 2.75) is 19.4 Å². The number of aromatic nitrogens is 3. The number of rotatable bonds is 5. The lowest BCUT2D eigenvalue weighted by Crippen LogP contribution is -2.46. The van der Waals surface area contributed by atoms with Crippen LogP contribution in [0.5, 0.6) is 0 Å². The van der Waals surface area contributed by atoms with Gasteiger partial charge in [-0.05, 0) is 12.8 Å². The molecule has 1 fully saturated rings. The molecule has 0 bridgehead atoms. The van der Waals surface area contributed by atoms with Crippen LogP contribution in [0.4, 0.5) is 0 Å². The summed E-state index contributed by atoms with van der Waals surface area (Å²) in [7, 11) is -2.14. The molecule has 0 saturated carbocycles. The van der Waals surface area contributed by atoms with Gasteiger partial charge in [-0.3, -0.25) is 9.89 Å². The Morgan fingerprint density at radius 2 is 2.20 bits per heavy atom. The molecular formula is C10H17N5O4S. The summed E-state index contributed by atoms with van der Waals surface area (Å²) in [5.74, 6) is -0.866. The Labute approximate surface area is 116 Å². The second-order valence-electron chi connectivity index (χ2n) is 4.71. The third-order valence-electron chi connectivity index (χ3n) is 3.36. The molecule has 2 heterocycles. The van der Waals surface area contributed by atoms with Crippen molar-refractivity contribution >= 4 is 16.2 Å². The summed E-state index contributed by atoms with van der Waals surface area (Å²) in [6.07, 6.45) is 1.99. The zero-order chi connectivity index (χ0) is 14.8. The predicted octanol–water partition coefficient (Wildman–Crippen LogP) is -0.722. The molecule has 1 aliphatic rings. The fraction of sp³-hybridized carbons (Fsp3) is 0.700. The molecule has 0 aliphatic carbocycles. The van der Waals surface area contributed by atoms with Crippen molar-refractivity contribution in [2.24, 2.45) is 5.92 Å². The van der Waals surface area contributed by atoms with Gasteiger partial charge in [0.05, 0.1) is 12.5 Å². The van der Waals surface area contributed by atoms with E-state index in [9.17, 15) is 13.2 Å². The smallest absolute Gasteiger partial charge is 0.306 e. The first-order chi connectivity index (χ1) is 9.41. The molecule has 20 heavy (non-hydrogen) atoms. The van der Waals surface area contributed by atoms with E-state index in [0.29, 0.717) is 18.7 Å². The molecule has 0 unspecified atom stereocenters. The number of hydrogen-bond donors (Lipinski definition) is 2. The van der Waals surface area contributed by atoms with Crippen molar-refractivity contribution in [1.29, 1.82) is 0 Å². The fourth-order valence-electron chi connectivity index (χ4n) is 2.13. The maximum Gasteiger partial charge on any atom is 0.306 e. The monoisotopic (exact) mass is 303 g/mol. The normalized spacial score (nSPS) is 18.5. The third-order valence-corrected chi connectivity index (χ3v) is 5.30. The molecule has 2 N–H and O–H groups in total. The van der Waals surface area contributed by atoms with Crippen molar-refractivity contribution in [3.63, 3.8) is 0 Å². The number of aliphatic carboxylic acids is 1. The summed E-state index contributed by atoms with van der Waals surface area (Å²) in [6, 6.07) is 0. The van der Waals surface area contributed by atoms with E-state index in [1.54, 1.807) is 0 Å². The number of carbonyl (C=O) groups is 1. The van der Waals surface area contributed by atoms with Crippen LogP contribution in [-0.4, -0.2) is 63.4 Å². The van der Waals surface area contributed by atoms with E-state index in [2.05, 4.69) is 15.2 Å². The molecule has 0 atom stereocenters. The quantitative estimate of drug-likeness (QED) is 0.740. The Kier molecular flexibility index (Phi) is 4.35. The van der Waals surface area contributed by atoms with Gasteiger partial charge >= 0.3 is 5.97 Å². The molecule has 2 rings (SSSR count). The molecule has 112 valence electrons. The van der Waals surface area contributed by atoms with E-state index in [1.807, 2.05) is 0 Å². The summed E-state index contributed by atoms with van der Waals surface area (Å²) in [5.41, 5.74) is 0. The largest absolute Gasteiger partial charge is 0.481 e. The molecule has 1 aliphatic heterocycles. The van der Waals surface area contributed by atoms with E-state index in [-0.39, 0.29) is 19.6 Å². The highest BCUT2D eigenvalue weighted by atomic mass is 32.2. The summed E-state index contributed by atoms with van der Waals surface area (Å²) in [6.45, 7) is 0.543. The van der Waals surface area contributed by atoms with Gasteiger partial charge in [-0.25, -0.2) is 4.98 Å².